The van der Waals surface area contributed by atoms with Crippen LogP contribution in [0, 0.1) is 0 Å². The van der Waals surface area contributed by atoms with Gasteiger partial charge in [0, 0.05) is 6.61 Å². The first-order chi connectivity index (χ1) is 7.93. The van der Waals surface area contributed by atoms with Crippen molar-refractivity contribution < 1.29 is 14.3 Å². The highest BCUT2D eigenvalue weighted by atomic mass is 16.5. The Morgan fingerprint density at radius 2 is 1.75 bits per heavy atom. The van der Waals surface area contributed by atoms with Crippen LogP contribution in [0.25, 0.3) is 0 Å². The average molecular weight is 221 g/mol. The van der Waals surface area contributed by atoms with E-state index in [-0.39, 0.29) is 0 Å². The van der Waals surface area contributed by atoms with Crippen LogP contribution in [0.3, 0.4) is 0 Å². The largest absolute Gasteiger partial charge is 0.457 e. The van der Waals surface area contributed by atoms with Gasteiger partial charge >= 0.3 is 6.47 Å². The monoisotopic (exact) mass is 221 g/mol. The molecule has 87 valence electrons. The molecule has 0 saturated heterocycles. The first kappa shape index (κ1) is 12.7. The third-order valence-electron chi connectivity index (χ3n) is 2.21. The summed E-state index contributed by atoms with van der Waals surface area (Å²) in [6.07, 6.45) is 2.88. The highest BCUT2D eigenvalue weighted by Gasteiger charge is 1.93. The molecule has 0 atom stereocenters. The van der Waals surface area contributed by atoms with Crippen molar-refractivity contribution in [3.63, 3.8) is 0 Å². The molecule has 0 heterocycles. The van der Waals surface area contributed by atoms with Crippen molar-refractivity contribution >= 4 is 6.47 Å². The van der Waals surface area contributed by atoms with Gasteiger partial charge in [-0.3, -0.25) is 0 Å². The minimum Gasteiger partial charge on any atom is -0.457 e. The maximum atomic E-state index is 9.73. The number of carbonyl (C=O) groups excluding carboxylic acids is 1. The summed E-state index contributed by atoms with van der Waals surface area (Å²) >= 11 is 0. The molecule has 0 bridgehead atoms. The van der Waals surface area contributed by atoms with E-state index in [4.69, 9.17) is 4.74 Å². The summed E-state index contributed by atoms with van der Waals surface area (Å²) in [7, 11) is 0. The molecule has 16 heavy (non-hydrogen) atoms. The van der Waals surface area contributed by atoms with Crippen LogP contribution >= 0.6 is 0 Å². The summed E-state index contributed by atoms with van der Waals surface area (Å²) in [6, 6.07) is 10.1. The van der Waals surface area contributed by atoms with Gasteiger partial charge in [0.1, 0.15) is 0 Å². The summed E-state index contributed by atoms with van der Waals surface area (Å²) in [4.78, 5) is 9.73. The quantitative estimate of drug-likeness (QED) is 0.601. The van der Waals surface area contributed by atoms with Gasteiger partial charge in [-0.15, -0.1) is 0 Å². The highest BCUT2D eigenvalue weighted by molar-refractivity contribution is 5.37. The zero-order chi connectivity index (χ0) is 11.5. The van der Waals surface area contributed by atoms with Gasteiger partial charge in [-0.25, -0.2) is 4.79 Å². The van der Waals surface area contributed by atoms with Crippen LogP contribution in [-0.2, 0) is 20.9 Å². The zero-order valence-corrected chi connectivity index (χ0v) is 9.35. The lowest BCUT2D eigenvalue weighted by Crippen LogP contribution is -1.97. The summed E-state index contributed by atoms with van der Waals surface area (Å²) < 4.78 is 9.97. The fourth-order valence-electron chi connectivity index (χ4n) is 1.36. The number of unbranched alkanes of at least 4 members (excludes halogenated alkanes) is 2. The van der Waals surface area contributed by atoms with E-state index in [1.54, 1.807) is 0 Å². The van der Waals surface area contributed by atoms with Gasteiger partial charge in [-0.1, -0.05) is 30.3 Å². The Kier molecular flexibility index (Phi) is 7.09. The molecule has 0 aliphatic heterocycles. The lowest BCUT2D eigenvalue weighted by atomic mass is 10.2. The standard InChI is InChI=1S/C13H17O3/c14-12-16-10-6-2-5-9-15-11-13-7-3-1-4-8-13/h1,3-4,7-8H,2,5-6,9-11H2. The van der Waals surface area contributed by atoms with E-state index in [2.05, 4.69) is 4.74 Å². The van der Waals surface area contributed by atoms with Gasteiger partial charge in [0.2, 0.25) is 0 Å². The molecule has 1 aromatic carbocycles. The molecular weight excluding hydrogens is 204 g/mol. The van der Waals surface area contributed by atoms with Crippen LogP contribution in [0.5, 0.6) is 0 Å². The predicted molar refractivity (Wildman–Crippen MR) is 61.6 cm³/mol. The zero-order valence-electron chi connectivity index (χ0n) is 9.35. The first-order valence-corrected chi connectivity index (χ1v) is 5.54. The van der Waals surface area contributed by atoms with Crippen LogP contribution in [-0.4, -0.2) is 19.7 Å². The van der Waals surface area contributed by atoms with Crippen molar-refractivity contribution in [2.24, 2.45) is 0 Å². The molecule has 1 radical (unpaired) electrons. The number of hydrogen-bond acceptors (Lipinski definition) is 3. The molecule has 0 aliphatic rings. The van der Waals surface area contributed by atoms with Gasteiger partial charge in [0.05, 0.1) is 13.2 Å². The fourth-order valence-corrected chi connectivity index (χ4v) is 1.36. The first-order valence-electron chi connectivity index (χ1n) is 5.54. The molecule has 3 nitrogen and oxygen atoms in total. The minimum atomic E-state index is 0.461. The summed E-state index contributed by atoms with van der Waals surface area (Å²) in [5.74, 6) is 0. The third kappa shape index (κ3) is 6.19. The second-order valence-electron chi connectivity index (χ2n) is 3.53. The summed E-state index contributed by atoms with van der Waals surface area (Å²) in [6.45, 7) is 3.29. The summed E-state index contributed by atoms with van der Waals surface area (Å²) in [5, 5.41) is 0. The number of ether oxygens (including phenoxy) is 2. The molecule has 3 heteroatoms. The van der Waals surface area contributed by atoms with E-state index >= 15 is 0 Å². The molecule has 0 fully saturated rings. The number of hydrogen-bond donors (Lipinski definition) is 0. The maximum absolute atomic E-state index is 9.73. The lowest BCUT2D eigenvalue weighted by molar-refractivity contribution is 0.115. The van der Waals surface area contributed by atoms with Gasteiger partial charge in [-0.05, 0) is 24.8 Å². The van der Waals surface area contributed by atoms with Gasteiger partial charge < -0.3 is 9.47 Å². The number of benzene rings is 1. The normalized spacial score (nSPS) is 10.0. The summed E-state index contributed by atoms with van der Waals surface area (Å²) in [5.41, 5.74) is 1.20. The van der Waals surface area contributed by atoms with E-state index in [0.717, 1.165) is 25.9 Å². The predicted octanol–water partition coefficient (Wildman–Crippen LogP) is 2.46. The van der Waals surface area contributed by atoms with Crippen LogP contribution in [0.1, 0.15) is 24.8 Å². The van der Waals surface area contributed by atoms with E-state index in [1.165, 1.54) is 12.0 Å². The van der Waals surface area contributed by atoms with Crippen molar-refractivity contribution in [2.45, 2.75) is 25.9 Å². The Labute approximate surface area is 96.4 Å². The van der Waals surface area contributed by atoms with E-state index in [1.807, 2.05) is 30.3 Å². The van der Waals surface area contributed by atoms with E-state index in [9.17, 15) is 4.79 Å². The Morgan fingerprint density at radius 1 is 1.00 bits per heavy atom. The van der Waals surface area contributed by atoms with Crippen molar-refractivity contribution in [3.8, 4) is 0 Å². The lowest BCUT2D eigenvalue weighted by Gasteiger charge is -2.03. The van der Waals surface area contributed by atoms with E-state index in [0.29, 0.717) is 13.2 Å². The molecule has 0 aliphatic carbocycles. The fraction of sp³-hybridized carbons (Fsp3) is 0.462. The Bertz CT molecular complexity index is 272. The second kappa shape index (κ2) is 8.92. The number of rotatable bonds is 9. The van der Waals surface area contributed by atoms with Crippen LogP contribution < -0.4 is 0 Å². The van der Waals surface area contributed by atoms with Crippen LogP contribution in [0.4, 0.5) is 0 Å². The second-order valence-corrected chi connectivity index (χ2v) is 3.53. The molecule has 0 aromatic heterocycles. The van der Waals surface area contributed by atoms with Crippen molar-refractivity contribution in [1.29, 1.82) is 0 Å². The smallest absolute Gasteiger partial charge is 0.417 e. The van der Waals surface area contributed by atoms with Crippen molar-refractivity contribution in [2.75, 3.05) is 13.2 Å². The minimum absolute atomic E-state index is 0.461. The molecule has 0 amide bonds. The average Bonchev–Trinajstić information content (AvgIpc) is 2.34. The van der Waals surface area contributed by atoms with Gasteiger partial charge in [0.25, 0.3) is 0 Å². The van der Waals surface area contributed by atoms with Gasteiger partial charge in [-0.2, -0.15) is 0 Å². The Hall–Kier alpha value is -1.35. The van der Waals surface area contributed by atoms with Gasteiger partial charge in [0.15, 0.2) is 0 Å². The van der Waals surface area contributed by atoms with Crippen molar-refractivity contribution in [3.05, 3.63) is 35.9 Å². The third-order valence-corrected chi connectivity index (χ3v) is 2.21. The SMILES string of the molecule is O=[C]OCCCCCOCc1ccccc1. The molecule has 1 rings (SSSR count). The van der Waals surface area contributed by atoms with E-state index < -0.39 is 0 Å². The maximum Gasteiger partial charge on any atom is 0.417 e. The molecule has 1 aromatic rings. The Balaban J connectivity index is 1.90. The molecular formula is C13H17O3. The molecule has 0 spiro atoms. The molecule has 0 N–H and O–H groups in total. The van der Waals surface area contributed by atoms with Crippen LogP contribution in [0.2, 0.25) is 0 Å². The van der Waals surface area contributed by atoms with Crippen LogP contribution in [0.15, 0.2) is 30.3 Å². The Morgan fingerprint density at radius 3 is 2.50 bits per heavy atom. The topological polar surface area (TPSA) is 35.5 Å². The highest BCUT2D eigenvalue weighted by Crippen LogP contribution is 2.02. The van der Waals surface area contributed by atoms with Crippen molar-refractivity contribution in [1.82, 2.24) is 0 Å². The molecule has 0 unspecified atom stereocenters. The molecule has 0 saturated carbocycles.